The van der Waals surface area contributed by atoms with Crippen LogP contribution in [-0.4, -0.2) is 20.1 Å². The second-order valence-electron chi connectivity index (χ2n) is 1.84. The molecule has 0 unspecified atom stereocenters. The van der Waals surface area contributed by atoms with E-state index in [0.29, 0.717) is 5.46 Å². The highest BCUT2D eigenvalue weighted by molar-refractivity contribution is 6.52. The van der Waals surface area contributed by atoms with Gasteiger partial charge in [0.05, 0.1) is 0 Å². The molecule has 0 aliphatic rings. The second kappa shape index (κ2) is 2.72. The van der Waals surface area contributed by atoms with Crippen LogP contribution in [0.2, 0.25) is 6.82 Å². The Hall–Kier alpha value is -0.720. The van der Waals surface area contributed by atoms with E-state index in [4.69, 9.17) is 7.85 Å². The lowest BCUT2D eigenvalue weighted by molar-refractivity contribution is 1.37. The van der Waals surface area contributed by atoms with E-state index < -0.39 is 0 Å². The lowest BCUT2D eigenvalue weighted by Crippen LogP contribution is -2.18. The van der Waals surface area contributed by atoms with Crippen LogP contribution in [0.25, 0.3) is 0 Å². The summed E-state index contributed by atoms with van der Waals surface area (Å²) in [5, 5.41) is 0. The lowest BCUT2D eigenvalue weighted by atomic mass is 9.73. The molecule has 41 valence electrons. The Morgan fingerprint density at radius 1 is 1.56 bits per heavy atom. The molecule has 0 saturated carbocycles. The number of pyridine rings is 1. The molecule has 1 nitrogen and oxygen atoms in total. The average Bonchev–Trinajstić information content (AvgIpc) is 1.88. The molecule has 3 heteroatoms. The first-order valence-electron chi connectivity index (χ1n) is 2.83. The fourth-order valence-electron chi connectivity index (χ4n) is 0.634. The second-order valence-corrected chi connectivity index (χ2v) is 1.84. The summed E-state index contributed by atoms with van der Waals surface area (Å²) in [6, 6.07) is 1.88. The minimum atomic E-state index is 0.714. The Kier molecular flexibility index (Phi) is 1.93. The zero-order chi connectivity index (χ0) is 6.69. The summed E-state index contributed by atoms with van der Waals surface area (Å²) in [5.74, 6) is 0. The summed E-state index contributed by atoms with van der Waals surface area (Å²) in [6.07, 6.45) is 3.41. The number of hydrogen-bond acceptors (Lipinski definition) is 1. The van der Waals surface area contributed by atoms with E-state index in [1.807, 2.05) is 20.2 Å². The third kappa shape index (κ3) is 1.60. The summed E-state index contributed by atoms with van der Waals surface area (Å²) in [7, 11) is 7.41. The van der Waals surface area contributed by atoms with Crippen molar-refractivity contribution in [2.45, 2.75) is 6.82 Å². The lowest BCUT2D eigenvalue weighted by Gasteiger charge is -1.94. The highest BCUT2D eigenvalue weighted by Crippen LogP contribution is 1.70. The van der Waals surface area contributed by atoms with E-state index >= 15 is 0 Å². The van der Waals surface area contributed by atoms with Gasteiger partial charge in [-0.25, -0.2) is 0 Å². The molecule has 0 bridgehead atoms. The predicted octanol–water partition coefficient (Wildman–Crippen LogP) is -0.747. The van der Waals surface area contributed by atoms with E-state index in [2.05, 4.69) is 4.98 Å². The van der Waals surface area contributed by atoms with Crippen molar-refractivity contribution >= 4 is 26.1 Å². The summed E-state index contributed by atoms with van der Waals surface area (Å²) < 4.78 is 0. The molecule has 1 aromatic heterocycles. The minimum absolute atomic E-state index is 0.714. The first kappa shape index (κ1) is 6.40. The van der Waals surface area contributed by atoms with Crippen molar-refractivity contribution < 1.29 is 0 Å². The number of hydrogen-bond donors (Lipinski definition) is 0. The van der Waals surface area contributed by atoms with Crippen LogP contribution >= 0.6 is 0 Å². The molecule has 1 heterocycles. The number of rotatable bonds is 1. The molecule has 0 aliphatic carbocycles. The standard InChI is InChI=1S/C6H6B2N/c1-8-6-2-5(7)3-9-4-6/h2-4H,1H3. The van der Waals surface area contributed by atoms with E-state index in [1.165, 1.54) is 0 Å². The van der Waals surface area contributed by atoms with Crippen molar-refractivity contribution in [2.24, 2.45) is 0 Å². The topological polar surface area (TPSA) is 12.9 Å². The molecule has 0 amide bonds. The highest BCUT2D eigenvalue weighted by Gasteiger charge is 1.88. The van der Waals surface area contributed by atoms with E-state index in [-0.39, 0.29) is 0 Å². The molecule has 0 N–H and O–H groups in total. The van der Waals surface area contributed by atoms with Gasteiger partial charge in [0, 0.05) is 12.4 Å². The van der Waals surface area contributed by atoms with Crippen molar-refractivity contribution in [2.75, 3.05) is 0 Å². The van der Waals surface area contributed by atoms with Crippen LogP contribution in [0.5, 0.6) is 0 Å². The Labute approximate surface area is 57.2 Å². The van der Waals surface area contributed by atoms with Crippen molar-refractivity contribution in [3.05, 3.63) is 18.5 Å². The summed E-state index contributed by atoms with van der Waals surface area (Å²) in [5.41, 5.74) is 1.78. The zero-order valence-corrected chi connectivity index (χ0v) is 5.33. The largest absolute Gasteiger partial charge is 0.266 e. The third-order valence-electron chi connectivity index (χ3n) is 1.11. The SMILES string of the molecule is [B]c1cncc([B]C)c1. The molecule has 0 spiro atoms. The molecule has 9 heavy (non-hydrogen) atoms. The summed E-state index contributed by atoms with van der Waals surface area (Å²) >= 11 is 0. The molecular weight excluding hydrogens is 108 g/mol. The average molecular weight is 114 g/mol. The first-order valence-corrected chi connectivity index (χ1v) is 2.83. The maximum Gasteiger partial charge on any atom is 0.150 e. The van der Waals surface area contributed by atoms with Crippen LogP contribution in [0.1, 0.15) is 0 Å². The van der Waals surface area contributed by atoms with Gasteiger partial charge in [0.15, 0.2) is 0 Å². The van der Waals surface area contributed by atoms with Gasteiger partial charge in [-0.2, -0.15) is 0 Å². The Bertz CT molecular complexity index is 200. The van der Waals surface area contributed by atoms with Crippen LogP contribution in [0, 0.1) is 0 Å². The molecule has 0 aliphatic heterocycles. The van der Waals surface area contributed by atoms with Crippen LogP contribution in [0.4, 0.5) is 0 Å². The van der Waals surface area contributed by atoms with Crippen molar-refractivity contribution in [3.63, 3.8) is 0 Å². The normalized spacial score (nSPS) is 9.00. The van der Waals surface area contributed by atoms with Gasteiger partial charge in [-0.05, 0) is 0 Å². The van der Waals surface area contributed by atoms with Crippen molar-refractivity contribution in [3.8, 4) is 0 Å². The van der Waals surface area contributed by atoms with Crippen LogP contribution in [0.3, 0.4) is 0 Å². The molecule has 0 atom stereocenters. The number of aromatic nitrogens is 1. The van der Waals surface area contributed by atoms with Gasteiger partial charge in [0.2, 0.25) is 0 Å². The molecule has 1 aromatic rings. The van der Waals surface area contributed by atoms with Gasteiger partial charge in [0.25, 0.3) is 0 Å². The smallest absolute Gasteiger partial charge is 0.150 e. The molecule has 0 aromatic carbocycles. The Balaban J connectivity index is 2.94. The zero-order valence-electron chi connectivity index (χ0n) is 5.33. The summed E-state index contributed by atoms with van der Waals surface area (Å²) in [4.78, 5) is 3.90. The van der Waals surface area contributed by atoms with Gasteiger partial charge in [0.1, 0.15) is 15.1 Å². The van der Waals surface area contributed by atoms with Gasteiger partial charge in [-0.15, -0.1) is 0 Å². The first-order chi connectivity index (χ1) is 4.33. The monoisotopic (exact) mass is 114 g/mol. The minimum Gasteiger partial charge on any atom is -0.266 e. The molecule has 1 rings (SSSR count). The Morgan fingerprint density at radius 3 is 2.78 bits per heavy atom. The third-order valence-corrected chi connectivity index (χ3v) is 1.11. The van der Waals surface area contributed by atoms with Crippen molar-refractivity contribution in [1.29, 1.82) is 0 Å². The maximum absolute atomic E-state index is 5.45. The van der Waals surface area contributed by atoms with Gasteiger partial charge < -0.3 is 0 Å². The van der Waals surface area contributed by atoms with E-state index in [9.17, 15) is 0 Å². The van der Waals surface area contributed by atoms with Gasteiger partial charge in [-0.1, -0.05) is 23.8 Å². The van der Waals surface area contributed by atoms with Crippen LogP contribution < -0.4 is 10.9 Å². The van der Waals surface area contributed by atoms with Gasteiger partial charge >= 0.3 is 0 Å². The Morgan fingerprint density at radius 2 is 2.33 bits per heavy atom. The van der Waals surface area contributed by atoms with E-state index in [0.717, 1.165) is 5.46 Å². The maximum atomic E-state index is 5.45. The number of nitrogens with zero attached hydrogens (tertiary/aromatic N) is 1. The van der Waals surface area contributed by atoms with E-state index in [1.54, 1.807) is 12.4 Å². The molecule has 0 fully saturated rings. The van der Waals surface area contributed by atoms with Gasteiger partial charge in [-0.3, -0.25) is 4.98 Å². The quantitative estimate of drug-likeness (QED) is 0.437. The molecule has 0 saturated heterocycles. The molecular formula is C6H6B2N. The van der Waals surface area contributed by atoms with Crippen LogP contribution in [-0.2, 0) is 0 Å². The van der Waals surface area contributed by atoms with Crippen molar-refractivity contribution in [1.82, 2.24) is 4.98 Å². The predicted molar refractivity (Wildman–Crippen MR) is 40.9 cm³/mol. The van der Waals surface area contributed by atoms with Crippen LogP contribution in [0.15, 0.2) is 18.5 Å². The highest BCUT2D eigenvalue weighted by atomic mass is 14.6. The summed E-state index contributed by atoms with van der Waals surface area (Å²) in [6.45, 7) is 1.95. The molecule has 3 radical (unpaired) electrons. The fourth-order valence-corrected chi connectivity index (χ4v) is 0.634. The fraction of sp³-hybridized carbons (Fsp3) is 0.167.